The van der Waals surface area contributed by atoms with E-state index in [4.69, 9.17) is 10.5 Å². The molecule has 0 saturated carbocycles. The number of nitrogens with two attached hydrogens (primary N) is 1. The fourth-order valence-electron chi connectivity index (χ4n) is 1.89. The fraction of sp³-hybridized carbons (Fsp3) is 0.0833. The minimum Gasteiger partial charge on any atom is -0.485 e. The van der Waals surface area contributed by atoms with Crippen LogP contribution in [0.4, 0.5) is 8.78 Å². The largest absolute Gasteiger partial charge is 0.485 e. The zero-order valence-corrected chi connectivity index (χ0v) is 9.81. The van der Waals surface area contributed by atoms with Gasteiger partial charge in [-0.1, -0.05) is 0 Å². The number of amides is 1. The number of rotatable bonds is 1. The van der Waals surface area contributed by atoms with Crippen molar-refractivity contribution in [3.63, 3.8) is 0 Å². The molecule has 2 N–H and O–H groups in total. The van der Waals surface area contributed by atoms with Gasteiger partial charge in [0.25, 0.3) is 5.91 Å². The molecule has 1 aromatic carbocycles. The molecule has 1 aromatic heterocycles. The third-order valence-corrected chi connectivity index (χ3v) is 3.94. The Balaban J connectivity index is 2.23. The van der Waals surface area contributed by atoms with Gasteiger partial charge in [0, 0.05) is 16.0 Å². The molecule has 1 aliphatic rings. The minimum atomic E-state index is -1.01. The van der Waals surface area contributed by atoms with Crippen molar-refractivity contribution in [2.75, 3.05) is 0 Å². The Labute approximate surface area is 105 Å². The summed E-state index contributed by atoms with van der Waals surface area (Å²) in [5.41, 5.74) is 6.40. The Bertz CT molecular complexity index is 666. The number of thiophene rings is 1. The molecule has 0 saturated heterocycles. The highest BCUT2D eigenvalue weighted by atomic mass is 32.1. The van der Waals surface area contributed by atoms with Crippen molar-refractivity contribution >= 4 is 17.2 Å². The number of carbonyl (C=O) groups excluding carboxylic acids is 1. The Morgan fingerprint density at radius 2 is 2.17 bits per heavy atom. The van der Waals surface area contributed by atoms with Crippen LogP contribution in [-0.2, 0) is 6.61 Å². The van der Waals surface area contributed by atoms with E-state index in [1.807, 2.05) is 0 Å². The molecule has 0 radical (unpaired) electrons. The average Bonchev–Trinajstić information content (AvgIpc) is 2.77. The molecular weight excluding hydrogens is 260 g/mol. The van der Waals surface area contributed by atoms with Crippen LogP contribution in [0.1, 0.15) is 15.2 Å². The number of primary amides is 1. The molecule has 18 heavy (non-hydrogen) atoms. The van der Waals surface area contributed by atoms with Gasteiger partial charge in [-0.15, -0.1) is 11.3 Å². The molecule has 3 rings (SSSR count). The van der Waals surface area contributed by atoms with Crippen molar-refractivity contribution in [2.45, 2.75) is 6.61 Å². The molecule has 1 amide bonds. The normalized spacial score (nSPS) is 12.6. The molecule has 0 spiro atoms. The number of ether oxygens (including phenoxy) is 1. The molecule has 6 heteroatoms. The van der Waals surface area contributed by atoms with Gasteiger partial charge in [0.2, 0.25) is 5.82 Å². The summed E-state index contributed by atoms with van der Waals surface area (Å²) < 4.78 is 31.8. The number of hydrogen-bond donors (Lipinski definition) is 1. The molecule has 1 aliphatic heterocycles. The van der Waals surface area contributed by atoms with Gasteiger partial charge in [0.1, 0.15) is 6.61 Å². The summed E-state index contributed by atoms with van der Waals surface area (Å²) in [5, 5.41) is 0. The smallest absolute Gasteiger partial charge is 0.258 e. The monoisotopic (exact) mass is 267 g/mol. The van der Waals surface area contributed by atoms with E-state index < -0.39 is 17.5 Å². The van der Waals surface area contributed by atoms with E-state index in [2.05, 4.69) is 0 Å². The highest BCUT2D eigenvalue weighted by Gasteiger charge is 2.25. The molecular formula is C12H7F2NO2S. The van der Waals surface area contributed by atoms with Gasteiger partial charge in [-0.05, 0) is 18.2 Å². The van der Waals surface area contributed by atoms with Crippen molar-refractivity contribution in [1.82, 2.24) is 0 Å². The van der Waals surface area contributed by atoms with Crippen molar-refractivity contribution < 1.29 is 18.3 Å². The van der Waals surface area contributed by atoms with Crippen LogP contribution in [-0.4, -0.2) is 5.91 Å². The average molecular weight is 267 g/mol. The van der Waals surface area contributed by atoms with Gasteiger partial charge in [-0.2, -0.15) is 4.39 Å². The molecule has 3 nitrogen and oxygen atoms in total. The topological polar surface area (TPSA) is 52.3 Å². The summed E-state index contributed by atoms with van der Waals surface area (Å²) in [7, 11) is 0. The first-order valence-corrected chi connectivity index (χ1v) is 5.93. The quantitative estimate of drug-likeness (QED) is 0.863. The molecule has 0 aliphatic carbocycles. The maximum absolute atomic E-state index is 13.6. The van der Waals surface area contributed by atoms with Crippen LogP contribution in [0.2, 0.25) is 0 Å². The first-order chi connectivity index (χ1) is 8.58. The highest BCUT2D eigenvalue weighted by Crippen LogP contribution is 2.44. The van der Waals surface area contributed by atoms with E-state index in [-0.39, 0.29) is 12.4 Å². The maximum atomic E-state index is 13.6. The second-order valence-corrected chi connectivity index (χ2v) is 4.91. The van der Waals surface area contributed by atoms with Crippen molar-refractivity contribution in [3.05, 3.63) is 40.3 Å². The molecule has 92 valence electrons. The fourth-order valence-corrected chi connectivity index (χ4v) is 2.93. The van der Waals surface area contributed by atoms with E-state index in [0.717, 1.165) is 23.0 Å². The number of fused-ring (bicyclic) bond motifs is 3. The summed E-state index contributed by atoms with van der Waals surface area (Å²) in [6, 6.07) is 4.09. The van der Waals surface area contributed by atoms with Crippen molar-refractivity contribution in [2.24, 2.45) is 5.73 Å². The third kappa shape index (κ3) is 1.49. The Kier molecular flexibility index (Phi) is 2.34. The number of halogens is 2. The van der Waals surface area contributed by atoms with Crippen molar-refractivity contribution in [1.29, 1.82) is 0 Å². The van der Waals surface area contributed by atoms with Crippen LogP contribution in [0.25, 0.3) is 10.4 Å². The summed E-state index contributed by atoms with van der Waals surface area (Å²) in [6.45, 7) is 0.104. The van der Waals surface area contributed by atoms with Crippen LogP contribution in [0.5, 0.6) is 5.75 Å². The Morgan fingerprint density at radius 3 is 2.89 bits per heavy atom. The van der Waals surface area contributed by atoms with Crippen LogP contribution >= 0.6 is 11.3 Å². The maximum Gasteiger partial charge on any atom is 0.258 e. The summed E-state index contributed by atoms with van der Waals surface area (Å²) in [4.78, 5) is 12.2. The third-order valence-electron chi connectivity index (χ3n) is 2.72. The SMILES string of the molecule is NC(=O)c1cc2c(s1)-c1ccc(F)c(F)c1OC2. The summed E-state index contributed by atoms with van der Waals surface area (Å²) >= 11 is 1.16. The highest BCUT2D eigenvalue weighted by molar-refractivity contribution is 7.17. The van der Waals surface area contributed by atoms with Crippen LogP contribution < -0.4 is 10.5 Å². The lowest BCUT2D eigenvalue weighted by molar-refractivity contribution is 0.100. The number of benzene rings is 1. The Hall–Kier alpha value is -1.95. The molecule has 0 fully saturated rings. The predicted molar refractivity (Wildman–Crippen MR) is 62.5 cm³/mol. The van der Waals surface area contributed by atoms with E-state index in [1.54, 1.807) is 6.07 Å². The lowest BCUT2D eigenvalue weighted by atomic mass is 10.1. The van der Waals surface area contributed by atoms with Gasteiger partial charge in [0.15, 0.2) is 11.6 Å². The van der Waals surface area contributed by atoms with Gasteiger partial charge in [0.05, 0.1) is 4.88 Å². The molecule has 0 bridgehead atoms. The summed E-state index contributed by atoms with van der Waals surface area (Å²) in [6.07, 6.45) is 0. The van der Waals surface area contributed by atoms with E-state index in [1.165, 1.54) is 6.07 Å². The first-order valence-electron chi connectivity index (χ1n) is 5.11. The lowest BCUT2D eigenvalue weighted by Gasteiger charge is -2.17. The van der Waals surface area contributed by atoms with Gasteiger partial charge in [-0.25, -0.2) is 4.39 Å². The molecule has 2 heterocycles. The second kappa shape index (κ2) is 3.78. The lowest BCUT2D eigenvalue weighted by Crippen LogP contribution is -2.08. The molecule has 0 unspecified atom stereocenters. The number of carbonyl (C=O) groups is 1. The predicted octanol–water partition coefficient (Wildman–Crippen LogP) is 2.68. The molecule has 2 aromatic rings. The van der Waals surface area contributed by atoms with E-state index >= 15 is 0 Å². The molecule has 0 atom stereocenters. The van der Waals surface area contributed by atoms with Gasteiger partial charge in [-0.3, -0.25) is 4.79 Å². The zero-order valence-electron chi connectivity index (χ0n) is 9.00. The zero-order chi connectivity index (χ0) is 12.9. The van der Waals surface area contributed by atoms with Crippen molar-refractivity contribution in [3.8, 4) is 16.2 Å². The first kappa shape index (κ1) is 11.2. The van der Waals surface area contributed by atoms with Gasteiger partial charge < -0.3 is 10.5 Å². The van der Waals surface area contributed by atoms with Crippen LogP contribution in [0.3, 0.4) is 0 Å². The second-order valence-electron chi connectivity index (χ2n) is 3.86. The van der Waals surface area contributed by atoms with E-state index in [9.17, 15) is 13.6 Å². The van der Waals surface area contributed by atoms with Crippen LogP contribution in [0, 0.1) is 11.6 Å². The number of hydrogen-bond acceptors (Lipinski definition) is 3. The van der Waals surface area contributed by atoms with E-state index in [0.29, 0.717) is 15.3 Å². The Morgan fingerprint density at radius 1 is 1.39 bits per heavy atom. The minimum absolute atomic E-state index is 0.104. The van der Waals surface area contributed by atoms with Crippen LogP contribution in [0.15, 0.2) is 18.2 Å². The standard InChI is InChI=1S/C12H7F2NO2S/c13-7-2-1-6-10(9(7)14)17-4-5-3-8(12(15)16)18-11(5)6/h1-3H,4H2,(H2,15,16). The summed E-state index contributed by atoms with van der Waals surface area (Å²) in [5.74, 6) is -2.62. The van der Waals surface area contributed by atoms with Gasteiger partial charge >= 0.3 is 0 Å².